The summed E-state index contributed by atoms with van der Waals surface area (Å²) in [5.41, 5.74) is 0. The maximum Gasteiger partial charge on any atom is 0.306 e. The average Bonchev–Trinajstić information content (AvgIpc) is 3.37. The summed E-state index contributed by atoms with van der Waals surface area (Å²) in [6.45, 7) is 5.55. The zero-order chi connectivity index (χ0) is 51.8. The zero-order valence-electron chi connectivity index (χ0n) is 44.6. The summed E-state index contributed by atoms with van der Waals surface area (Å²) in [5.74, 6) is -1.26. The number of hydrogen-bond donors (Lipinski definition) is 6. The molecule has 406 valence electrons. The van der Waals surface area contributed by atoms with Crippen molar-refractivity contribution in [3.05, 3.63) is 97.2 Å². The zero-order valence-corrected chi connectivity index (χ0v) is 44.6. The van der Waals surface area contributed by atoms with E-state index in [2.05, 4.69) is 56.5 Å². The molecule has 1 saturated heterocycles. The predicted octanol–water partition coefficient (Wildman–Crippen LogP) is 12.4. The van der Waals surface area contributed by atoms with Gasteiger partial charge in [-0.2, -0.15) is 0 Å². The van der Waals surface area contributed by atoms with Gasteiger partial charge in [-0.15, -0.1) is 0 Å². The van der Waals surface area contributed by atoms with Gasteiger partial charge in [0.15, 0.2) is 12.4 Å². The minimum Gasteiger partial charge on any atom is -0.454 e. The molecule has 1 rings (SSSR count). The molecule has 0 aliphatic carbocycles. The first kappa shape index (κ1) is 65.6. The van der Waals surface area contributed by atoms with Crippen molar-refractivity contribution in [2.45, 2.75) is 256 Å². The van der Waals surface area contributed by atoms with Gasteiger partial charge in [0, 0.05) is 6.42 Å². The van der Waals surface area contributed by atoms with E-state index in [9.17, 15) is 35.1 Å². The van der Waals surface area contributed by atoms with Gasteiger partial charge in [-0.3, -0.25) is 9.59 Å². The van der Waals surface area contributed by atoms with Crippen molar-refractivity contribution >= 4 is 11.9 Å². The van der Waals surface area contributed by atoms with Gasteiger partial charge in [0.25, 0.3) is 0 Å². The Morgan fingerprint density at radius 3 is 1.66 bits per heavy atom. The van der Waals surface area contributed by atoms with E-state index in [4.69, 9.17) is 14.2 Å². The van der Waals surface area contributed by atoms with Crippen LogP contribution >= 0.6 is 0 Å². The molecule has 71 heavy (non-hydrogen) atoms. The minimum atomic E-state index is -1.63. The summed E-state index contributed by atoms with van der Waals surface area (Å²) in [7, 11) is 0. The van der Waals surface area contributed by atoms with E-state index < -0.39 is 67.4 Å². The molecule has 0 aromatic carbocycles. The van der Waals surface area contributed by atoms with Crippen LogP contribution in [-0.2, 0) is 23.8 Å². The predicted molar refractivity (Wildman–Crippen MR) is 292 cm³/mol. The van der Waals surface area contributed by atoms with Crippen molar-refractivity contribution < 1.29 is 49.3 Å². The number of carbonyl (C=O) groups is 2. The van der Waals surface area contributed by atoms with Gasteiger partial charge in [-0.05, 0) is 77.0 Å². The Hall–Kier alpha value is -3.42. The first-order valence-electron chi connectivity index (χ1n) is 28.1. The molecule has 0 aromatic heterocycles. The monoisotopic (exact) mass is 996 g/mol. The Morgan fingerprint density at radius 2 is 1.07 bits per heavy atom. The van der Waals surface area contributed by atoms with E-state index in [-0.39, 0.29) is 19.4 Å². The Kier molecular flexibility index (Phi) is 44.0. The Balaban J connectivity index is 2.77. The van der Waals surface area contributed by atoms with Gasteiger partial charge >= 0.3 is 5.97 Å². The highest BCUT2D eigenvalue weighted by Crippen LogP contribution is 2.26. The molecular weight excluding hydrogens is 895 g/mol. The van der Waals surface area contributed by atoms with E-state index in [0.29, 0.717) is 12.8 Å². The molecule has 0 bridgehead atoms. The van der Waals surface area contributed by atoms with Gasteiger partial charge in [0.1, 0.15) is 24.4 Å². The van der Waals surface area contributed by atoms with Gasteiger partial charge < -0.3 is 45.1 Å². The summed E-state index contributed by atoms with van der Waals surface area (Å²) in [4.78, 5) is 26.4. The number of hydrogen-bond acceptors (Lipinski definition) is 10. The topological polar surface area (TPSA) is 175 Å². The van der Waals surface area contributed by atoms with Crippen LogP contribution in [0.5, 0.6) is 0 Å². The molecule has 1 aliphatic rings. The summed E-state index contributed by atoms with van der Waals surface area (Å²) in [6.07, 6.45) is 51.6. The molecule has 11 heteroatoms. The fourth-order valence-corrected chi connectivity index (χ4v) is 8.11. The fourth-order valence-electron chi connectivity index (χ4n) is 8.11. The number of amides is 1. The normalized spacial score (nSPS) is 20.4. The fraction of sp³-hybridized carbons (Fsp3) is 0.700. The molecule has 1 fully saturated rings. The second-order valence-electron chi connectivity index (χ2n) is 19.1. The Bertz CT molecular complexity index is 1520. The SMILES string of the molecule is CC/C=C/C=C/C=C\C=C/C=C/CCCCC(O)C(=O)NC(COC1OC(CO)C(O)C(O)C1OC(=O)CCCCCCCCC/C=C\C/C=C\CCCCC)C(O)/C=C/CCCCCCCCCCC. The van der Waals surface area contributed by atoms with Crippen molar-refractivity contribution in [3.63, 3.8) is 0 Å². The Morgan fingerprint density at radius 1 is 0.577 bits per heavy atom. The van der Waals surface area contributed by atoms with Gasteiger partial charge in [-0.25, -0.2) is 0 Å². The van der Waals surface area contributed by atoms with Crippen molar-refractivity contribution in [2.75, 3.05) is 13.2 Å². The van der Waals surface area contributed by atoms with Crippen LogP contribution < -0.4 is 5.32 Å². The summed E-state index contributed by atoms with van der Waals surface area (Å²) in [5, 5.41) is 56.7. The average molecular weight is 996 g/mol. The van der Waals surface area contributed by atoms with E-state index in [1.807, 2.05) is 60.8 Å². The molecule has 0 spiro atoms. The van der Waals surface area contributed by atoms with Crippen LogP contribution in [0.2, 0.25) is 0 Å². The smallest absolute Gasteiger partial charge is 0.306 e. The summed E-state index contributed by atoms with van der Waals surface area (Å²) >= 11 is 0. The number of unbranched alkanes of at least 4 members (excludes halogenated alkanes) is 21. The molecule has 1 amide bonds. The van der Waals surface area contributed by atoms with Crippen molar-refractivity contribution in [2.24, 2.45) is 0 Å². The van der Waals surface area contributed by atoms with E-state index in [1.165, 1.54) is 70.6 Å². The number of esters is 1. The lowest BCUT2D eigenvalue weighted by atomic mass is 9.99. The number of ether oxygens (including phenoxy) is 3. The lowest BCUT2D eigenvalue weighted by molar-refractivity contribution is -0.305. The van der Waals surface area contributed by atoms with E-state index in [0.717, 1.165) is 89.9 Å². The third-order valence-electron chi connectivity index (χ3n) is 12.6. The molecule has 8 unspecified atom stereocenters. The van der Waals surface area contributed by atoms with E-state index in [1.54, 1.807) is 6.08 Å². The van der Waals surface area contributed by atoms with Crippen molar-refractivity contribution in [1.82, 2.24) is 5.32 Å². The van der Waals surface area contributed by atoms with Crippen LogP contribution in [0.25, 0.3) is 0 Å². The van der Waals surface area contributed by atoms with Crippen LogP contribution in [0.15, 0.2) is 97.2 Å². The maximum absolute atomic E-state index is 13.3. The third-order valence-corrected chi connectivity index (χ3v) is 12.6. The minimum absolute atomic E-state index is 0.104. The Labute approximate surface area is 431 Å². The van der Waals surface area contributed by atoms with Crippen LogP contribution in [0.1, 0.15) is 207 Å². The lowest BCUT2D eigenvalue weighted by Gasteiger charge is -2.41. The first-order chi connectivity index (χ1) is 34.7. The lowest BCUT2D eigenvalue weighted by Crippen LogP contribution is -2.61. The number of aliphatic hydroxyl groups is 5. The van der Waals surface area contributed by atoms with E-state index >= 15 is 0 Å². The first-order valence-corrected chi connectivity index (χ1v) is 28.1. The van der Waals surface area contributed by atoms with Crippen LogP contribution in [0.4, 0.5) is 0 Å². The number of nitrogens with one attached hydrogen (secondary N) is 1. The molecule has 1 aliphatic heterocycles. The number of aliphatic hydroxyl groups excluding tert-OH is 5. The summed E-state index contributed by atoms with van der Waals surface area (Å²) in [6, 6.07) is -1.05. The molecule has 11 nitrogen and oxygen atoms in total. The third kappa shape index (κ3) is 36.2. The van der Waals surface area contributed by atoms with Crippen LogP contribution in [-0.4, -0.2) is 99.6 Å². The second-order valence-corrected chi connectivity index (χ2v) is 19.1. The molecule has 8 atom stereocenters. The number of rotatable bonds is 45. The quantitative estimate of drug-likeness (QED) is 0.0149. The maximum atomic E-state index is 13.3. The highest BCUT2D eigenvalue weighted by Gasteiger charge is 2.47. The highest BCUT2D eigenvalue weighted by molar-refractivity contribution is 5.80. The molecule has 0 saturated carbocycles. The van der Waals surface area contributed by atoms with Crippen LogP contribution in [0.3, 0.4) is 0 Å². The molecule has 0 aromatic rings. The molecular formula is C60H101NO10. The van der Waals surface area contributed by atoms with Gasteiger partial charge in [-0.1, -0.05) is 221 Å². The molecule has 1 heterocycles. The molecule has 6 N–H and O–H groups in total. The van der Waals surface area contributed by atoms with Crippen molar-refractivity contribution in [3.8, 4) is 0 Å². The van der Waals surface area contributed by atoms with Gasteiger partial charge in [0.05, 0.1) is 25.4 Å². The summed E-state index contributed by atoms with van der Waals surface area (Å²) < 4.78 is 17.5. The standard InChI is InChI=1S/C60H101NO10/c1-4-7-10-13-16-19-22-24-26-27-28-30-33-36-39-42-45-48-55(65)71-58-57(67)56(66)54(49-62)70-60(58)69-50-51(52(63)46-43-40-37-34-31-21-18-15-12-9-6-3)61-59(68)53(64)47-44-41-38-35-32-29-25-23-20-17-14-11-8-5-2/h8,11,14,16-17,19-20,23-26,29,32,35,43,46,51-54,56-58,60,62-64,66-67H,4-7,9-10,12-13,15,18,21-22,27-28,30-31,33-34,36-42,44-45,47-50H2,1-3H3,(H,61,68)/b11-8+,17-14+,19-16-,23-20-,26-24-,29-25-,35-32+,46-43+. The largest absolute Gasteiger partial charge is 0.454 e. The van der Waals surface area contributed by atoms with Crippen LogP contribution in [0, 0.1) is 0 Å². The second kappa shape index (κ2) is 47.6. The number of carbonyl (C=O) groups excluding carboxylic acids is 2. The van der Waals surface area contributed by atoms with Gasteiger partial charge in [0.2, 0.25) is 5.91 Å². The number of allylic oxidation sites excluding steroid dienone is 15. The molecule has 0 radical (unpaired) electrons. The highest BCUT2D eigenvalue weighted by atomic mass is 16.7. The van der Waals surface area contributed by atoms with Crippen molar-refractivity contribution in [1.29, 1.82) is 0 Å².